The molecule has 1 unspecified atom stereocenters. The quantitative estimate of drug-likeness (QED) is 0.773. The van der Waals surface area contributed by atoms with Gasteiger partial charge in [0, 0.05) is 26.2 Å². The van der Waals surface area contributed by atoms with E-state index in [0.29, 0.717) is 6.04 Å². The lowest BCUT2D eigenvalue weighted by Crippen LogP contribution is -2.23. The van der Waals surface area contributed by atoms with Gasteiger partial charge in [-0.1, -0.05) is 12.1 Å². The van der Waals surface area contributed by atoms with Crippen LogP contribution in [0.2, 0.25) is 0 Å². The standard InChI is InChI=1S/C12H18N2O/c1-14-8-6-10(7-9-15)13-11-4-2-3-5-12(11)14/h2-5,10,13,15H,6-9H2,1H3. The highest BCUT2D eigenvalue weighted by Crippen LogP contribution is 2.28. The van der Waals surface area contributed by atoms with Gasteiger partial charge in [-0.25, -0.2) is 0 Å². The third kappa shape index (κ3) is 2.23. The number of nitrogens with one attached hydrogen (secondary N) is 1. The molecule has 0 aromatic heterocycles. The molecule has 0 aliphatic carbocycles. The topological polar surface area (TPSA) is 35.5 Å². The molecule has 1 heterocycles. The molecule has 1 aliphatic rings. The third-order valence-corrected chi connectivity index (χ3v) is 2.97. The first-order chi connectivity index (χ1) is 7.31. The fourth-order valence-corrected chi connectivity index (χ4v) is 2.06. The van der Waals surface area contributed by atoms with Gasteiger partial charge in [0.2, 0.25) is 0 Å². The predicted octanol–water partition coefficient (Wildman–Crippen LogP) is 1.69. The van der Waals surface area contributed by atoms with E-state index in [4.69, 9.17) is 5.11 Å². The summed E-state index contributed by atoms with van der Waals surface area (Å²) in [6.45, 7) is 1.29. The van der Waals surface area contributed by atoms with Crippen molar-refractivity contribution in [1.82, 2.24) is 0 Å². The Kier molecular flexibility index (Phi) is 3.11. The molecule has 1 aromatic rings. The number of anilines is 2. The van der Waals surface area contributed by atoms with Crippen molar-refractivity contribution in [1.29, 1.82) is 0 Å². The summed E-state index contributed by atoms with van der Waals surface area (Å²) in [5.41, 5.74) is 2.42. The number of para-hydroxylation sites is 2. The van der Waals surface area contributed by atoms with Crippen LogP contribution in [0.5, 0.6) is 0 Å². The van der Waals surface area contributed by atoms with Crippen LogP contribution in [-0.2, 0) is 0 Å². The van der Waals surface area contributed by atoms with Crippen LogP contribution in [0.3, 0.4) is 0 Å². The Hall–Kier alpha value is -1.22. The minimum absolute atomic E-state index is 0.254. The van der Waals surface area contributed by atoms with Crippen molar-refractivity contribution in [3.8, 4) is 0 Å². The monoisotopic (exact) mass is 206 g/mol. The molecule has 3 heteroatoms. The highest BCUT2D eigenvalue weighted by molar-refractivity contribution is 5.70. The molecule has 1 aliphatic heterocycles. The Balaban J connectivity index is 2.21. The van der Waals surface area contributed by atoms with E-state index < -0.39 is 0 Å². The first-order valence-corrected chi connectivity index (χ1v) is 5.49. The summed E-state index contributed by atoms with van der Waals surface area (Å²) in [4.78, 5) is 2.26. The summed E-state index contributed by atoms with van der Waals surface area (Å²) in [5, 5.41) is 12.5. The summed E-state index contributed by atoms with van der Waals surface area (Å²) in [5.74, 6) is 0. The lowest BCUT2D eigenvalue weighted by atomic mass is 10.1. The first kappa shape index (κ1) is 10.3. The highest BCUT2D eigenvalue weighted by Gasteiger charge is 2.17. The smallest absolute Gasteiger partial charge is 0.0599 e. The average molecular weight is 206 g/mol. The third-order valence-electron chi connectivity index (χ3n) is 2.97. The van der Waals surface area contributed by atoms with E-state index in [9.17, 15) is 0 Å². The average Bonchev–Trinajstić information content (AvgIpc) is 2.40. The highest BCUT2D eigenvalue weighted by atomic mass is 16.3. The Morgan fingerprint density at radius 2 is 2.27 bits per heavy atom. The zero-order valence-electron chi connectivity index (χ0n) is 9.11. The molecule has 0 amide bonds. The van der Waals surface area contributed by atoms with Crippen LogP contribution >= 0.6 is 0 Å². The van der Waals surface area contributed by atoms with Gasteiger partial charge in [0.15, 0.2) is 0 Å². The van der Waals surface area contributed by atoms with Crippen LogP contribution in [0.4, 0.5) is 11.4 Å². The maximum atomic E-state index is 8.97. The number of nitrogens with zero attached hydrogens (tertiary/aromatic N) is 1. The van der Waals surface area contributed by atoms with E-state index in [1.807, 2.05) is 6.07 Å². The fraction of sp³-hybridized carbons (Fsp3) is 0.500. The second-order valence-electron chi connectivity index (χ2n) is 4.08. The van der Waals surface area contributed by atoms with Gasteiger partial charge in [0.05, 0.1) is 11.4 Å². The molecule has 0 radical (unpaired) electrons. The Bertz CT molecular complexity index is 327. The Morgan fingerprint density at radius 1 is 1.47 bits per heavy atom. The van der Waals surface area contributed by atoms with Gasteiger partial charge in [-0.05, 0) is 25.0 Å². The van der Waals surface area contributed by atoms with Crippen molar-refractivity contribution >= 4 is 11.4 Å². The van der Waals surface area contributed by atoms with Crippen LogP contribution in [0, 0.1) is 0 Å². The summed E-state index contributed by atoms with van der Waals surface area (Å²) in [7, 11) is 2.11. The van der Waals surface area contributed by atoms with Crippen molar-refractivity contribution in [3.63, 3.8) is 0 Å². The molecule has 2 rings (SSSR count). The Morgan fingerprint density at radius 3 is 3.07 bits per heavy atom. The maximum absolute atomic E-state index is 8.97. The molecule has 0 fully saturated rings. The van der Waals surface area contributed by atoms with E-state index in [1.165, 1.54) is 11.4 Å². The zero-order valence-corrected chi connectivity index (χ0v) is 9.11. The molecule has 1 aromatic carbocycles. The maximum Gasteiger partial charge on any atom is 0.0599 e. The fourth-order valence-electron chi connectivity index (χ4n) is 2.06. The van der Waals surface area contributed by atoms with Crippen LogP contribution in [0.25, 0.3) is 0 Å². The number of fused-ring (bicyclic) bond motifs is 1. The second-order valence-corrected chi connectivity index (χ2v) is 4.08. The lowest BCUT2D eigenvalue weighted by Gasteiger charge is -2.18. The van der Waals surface area contributed by atoms with Crippen LogP contribution in [0.1, 0.15) is 12.8 Å². The molecular weight excluding hydrogens is 188 g/mol. The van der Waals surface area contributed by atoms with Gasteiger partial charge < -0.3 is 15.3 Å². The second kappa shape index (κ2) is 4.53. The van der Waals surface area contributed by atoms with Gasteiger partial charge in [0.25, 0.3) is 0 Å². The molecule has 15 heavy (non-hydrogen) atoms. The number of hydrogen-bond acceptors (Lipinski definition) is 3. The number of benzene rings is 1. The largest absolute Gasteiger partial charge is 0.396 e. The molecule has 0 spiro atoms. The molecule has 1 atom stereocenters. The van der Waals surface area contributed by atoms with Crippen molar-refractivity contribution in [3.05, 3.63) is 24.3 Å². The van der Waals surface area contributed by atoms with Gasteiger partial charge in [0.1, 0.15) is 0 Å². The number of aliphatic hydroxyl groups is 1. The van der Waals surface area contributed by atoms with E-state index in [2.05, 4.69) is 35.5 Å². The lowest BCUT2D eigenvalue weighted by molar-refractivity contribution is 0.277. The first-order valence-electron chi connectivity index (χ1n) is 5.49. The number of aliphatic hydroxyl groups excluding tert-OH is 1. The molecule has 3 nitrogen and oxygen atoms in total. The zero-order chi connectivity index (χ0) is 10.7. The van der Waals surface area contributed by atoms with Crippen molar-refractivity contribution in [2.75, 3.05) is 30.4 Å². The normalized spacial score (nSPS) is 20.4. The van der Waals surface area contributed by atoms with E-state index >= 15 is 0 Å². The van der Waals surface area contributed by atoms with Gasteiger partial charge in [-0.3, -0.25) is 0 Å². The minimum Gasteiger partial charge on any atom is -0.396 e. The summed E-state index contributed by atoms with van der Waals surface area (Å²) < 4.78 is 0. The minimum atomic E-state index is 0.254. The van der Waals surface area contributed by atoms with Crippen molar-refractivity contribution < 1.29 is 5.11 Å². The number of hydrogen-bond donors (Lipinski definition) is 2. The molecule has 2 N–H and O–H groups in total. The predicted molar refractivity (Wildman–Crippen MR) is 63.4 cm³/mol. The van der Waals surface area contributed by atoms with Gasteiger partial charge in [-0.2, -0.15) is 0 Å². The van der Waals surface area contributed by atoms with Crippen molar-refractivity contribution in [2.45, 2.75) is 18.9 Å². The van der Waals surface area contributed by atoms with Crippen LogP contribution in [0.15, 0.2) is 24.3 Å². The van der Waals surface area contributed by atoms with Gasteiger partial charge in [-0.15, -0.1) is 0 Å². The van der Waals surface area contributed by atoms with Crippen LogP contribution < -0.4 is 10.2 Å². The summed E-state index contributed by atoms with van der Waals surface area (Å²) >= 11 is 0. The van der Waals surface area contributed by atoms with E-state index in [-0.39, 0.29) is 6.61 Å². The van der Waals surface area contributed by atoms with E-state index in [0.717, 1.165) is 19.4 Å². The summed E-state index contributed by atoms with van der Waals surface area (Å²) in [6.07, 6.45) is 1.90. The van der Waals surface area contributed by atoms with E-state index in [1.54, 1.807) is 0 Å². The number of rotatable bonds is 2. The SMILES string of the molecule is CN1CCC(CCO)Nc2ccccc21. The molecular formula is C12H18N2O. The van der Waals surface area contributed by atoms with Gasteiger partial charge >= 0.3 is 0 Å². The Labute approximate surface area is 90.7 Å². The molecule has 0 saturated carbocycles. The molecule has 0 bridgehead atoms. The molecule has 0 saturated heterocycles. The summed E-state index contributed by atoms with van der Waals surface area (Å²) in [6, 6.07) is 8.72. The van der Waals surface area contributed by atoms with Crippen molar-refractivity contribution in [2.24, 2.45) is 0 Å². The van der Waals surface area contributed by atoms with Crippen LogP contribution in [-0.4, -0.2) is 31.3 Å². The molecule has 82 valence electrons.